The summed E-state index contributed by atoms with van der Waals surface area (Å²) in [6, 6.07) is 5.85. The van der Waals surface area contributed by atoms with Gasteiger partial charge in [-0.1, -0.05) is 24.4 Å². The quantitative estimate of drug-likeness (QED) is 0.580. The highest BCUT2D eigenvalue weighted by atomic mass is 32.2. The van der Waals surface area contributed by atoms with Crippen LogP contribution in [0.15, 0.2) is 35.1 Å². The monoisotopic (exact) mass is 221 g/mol. The Balaban J connectivity index is 2.36. The van der Waals surface area contributed by atoms with Gasteiger partial charge in [-0.25, -0.2) is 0 Å². The Labute approximate surface area is 93.5 Å². The van der Waals surface area contributed by atoms with Crippen LogP contribution in [0.25, 0.3) is 0 Å². The molecular weight excluding hydrogens is 209 g/mol. The third kappa shape index (κ3) is 1.96. The average Bonchev–Trinajstić information content (AvgIpc) is 2.56. The van der Waals surface area contributed by atoms with E-state index in [0.29, 0.717) is 6.54 Å². The zero-order valence-electron chi connectivity index (χ0n) is 8.22. The summed E-state index contributed by atoms with van der Waals surface area (Å²) < 4.78 is 5.31. The van der Waals surface area contributed by atoms with Gasteiger partial charge in [0.2, 0.25) is 0 Å². The SMILES string of the molecule is C=CSc1ccc2c(c1)B(O)OC2CN. The fraction of sp³-hybridized carbons (Fsp3) is 0.200. The van der Waals surface area contributed by atoms with Crippen molar-refractivity contribution < 1.29 is 9.68 Å². The summed E-state index contributed by atoms with van der Waals surface area (Å²) in [5.74, 6) is 0. The molecule has 1 atom stereocenters. The van der Waals surface area contributed by atoms with Crippen molar-refractivity contribution in [2.45, 2.75) is 11.0 Å². The number of rotatable bonds is 3. The summed E-state index contributed by atoms with van der Waals surface area (Å²) >= 11 is 1.52. The molecule has 0 spiro atoms. The van der Waals surface area contributed by atoms with Crippen molar-refractivity contribution in [1.82, 2.24) is 0 Å². The van der Waals surface area contributed by atoms with Gasteiger partial charge in [-0.3, -0.25) is 0 Å². The molecule has 0 aliphatic carbocycles. The lowest BCUT2D eigenvalue weighted by Crippen LogP contribution is -2.28. The molecule has 2 rings (SSSR count). The van der Waals surface area contributed by atoms with Crippen LogP contribution in [0, 0.1) is 0 Å². The molecule has 78 valence electrons. The van der Waals surface area contributed by atoms with Crippen LogP contribution < -0.4 is 11.2 Å². The molecule has 1 unspecified atom stereocenters. The predicted octanol–water partition coefficient (Wildman–Crippen LogP) is 0.640. The molecule has 1 aliphatic rings. The molecule has 0 fully saturated rings. The molecule has 1 aromatic rings. The maximum atomic E-state index is 9.66. The molecule has 1 aliphatic heterocycles. The van der Waals surface area contributed by atoms with E-state index in [9.17, 15) is 5.02 Å². The Hall–Kier alpha value is -0.745. The van der Waals surface area contributed by atoms with Gasteiger partial charge < -0.3 is 15.4 Å². The first-order chi connectivity index (χ1) is 7.26. The van der Waals surface area contributed by atoms with E-state index in [1.807, 2.05) is 18.2 Å². The van der Waals surface area contributed by atoms with Gasteiger partial charge in [-0.15, -0.1) is 0 Å². The van der Waals surface area contributed by atoms with Crippen LogP contribution in [-0.2, 0) is 4.65 Å². The van der Waals surface area contributed by atoms with Gasteiger partial charge in [0.15, 0.2) is 0 Å². The molecule has 15 heavy (non-hydrogen) atoms. The molecule has 1 heterocycles. The smallest absolute Gasteiger partial charge is 0.423 e. The van der Waals surface area contributed by atoms with Gasteiger partial charge in [0.25, 0.3) is 0 Å². The number of hydrogen-bond donors (Lipinski definition) is 2. The van der Waals surface area contributed by atoms with Crippen LogP contribution in [0.5, 0.6) is 0 Å². The summed E-state index contributed by atoms with van der Waals surface area (Å²) in [4.78, 5) is 1.05. The zero-order chi connectivity index (χ0) is 10.8. The van der Waals surface area contributed by atoms with Gasteiger partial charge >= 0.3 is 7.12 Å². The highest BCUT2D eigenvalue weighted by Crippen LogP contribution is 2.26. The number of nitrogens with two attached hydrogens (primary N) is 1. The topological polar surface area (TPSA) is 55.5 Å². The zero-order valence-corrected chi connectivity index (χ0v) is 9.04. The van der Waals surface area contributed by atoms with Crippen LogP contribution in [-0.4, -0.2) is 18.7 Å². The molecule has 3 N–H and O–H groups in total. The van der Waals surface area contributed by atoms with Crippen LogP contribution in [0.3, 0.4) is 0 Å². The van der Waals surface area contributed by atoms with E-state index in [1.54, 1.807) is 5.41 Å². The third-order valence-electron chi connectivity index (χ3n) is 2.40. The van der Waals surface area contributed by atoms with Crippen molar-refractivity contribution >= 4 is 24.3 Å². The van der Waals surface area contributed by atoms with Gasteiger partial charge in [-0.05, 0) is 28.6 Å². The van der Waals surface area contributed by atoms with Crippen molar-refractivity contribution in [3.8, 4) is 0 Å². The standard InChI is InChI=1S/C10H12BNO2S/c1-2-15-7-3-4-8-9(5-7)11(13)14-10(8)6-12/h2-5,10,13H,1,6,12H2. The Kier molecular flexibility index (Phi) is 3.16. The molecule has 0 aromatic heterocycles. The van der Waals surface area contributed by atoms with E-state index < -0.39 is 7.12 Å². The molecular formula is C10H12BNO2S. The molecule has 0 saturated heterocycles. The number of benzene rings is 1. The first-order valence-corrected chi connectivity index (χ1v) is 5.59. The summed E-state index contributed by atoms with van der Waals surface area (Å²) in [5.41, 5.74) is 7.35. The minimum Gasteiger partial charge on any atom is -0.423 e. The van der Waals surface area contributed by atoms with Crippen molar-refractivity contribution in [2.24, 2.45) is 5.73 Å². The van der Waals surface area contributed by atoms with Crippen molar-refractivity contribution in [2.75, 3.05) is 6.54 Å². The highest BCUT2D eigenvalue weighted by Gasteiger charge is 2.34. The lowest BCUT2D eigenvalue weighted by molar-refractivity contribution is 0.198. The highest BCUT2D eigenvalue weighted by molar-refractivity contribution is 8.02. The van der Waals surface area contributed by atoms with E-state index in [0.717, 1.165) is 15.9 Å². The second kappa shape index (κ2) is 4.41. The fourth-order valence-electron chi connectivity index (χ4n) is 1.71. The Bertz CT molecular complexity index is 386. The molecule has 0 amide bonds. The van der Waals surface area contributed by atoms with Gasteiger partial charge in [0.1, 0.15) is 0 Å². The fourth-order valence-corrected chi connectivity index (χ4v) is 2.25. The van der Waals surface area contributed by atoms with Crippen molar-refractivity contribution in [3.63, 3.8) is 0 Å². The molecule has 1 aromatic carbocycles. The summed E-state index contributed by atoms with van der Waals surface area (Å²) in [6.45, 7) is 4.04. The second-order valence-electron chi connectivity index (χ2n) is 3.29. The maximum Gasteiger partial charge on any atom is 0.492 e. The lowest BCUT2D eigenvalue weighted by Gasteiger charge is -2.08. The minimum atomic E-state index is -0.848. The number of thioether (sulfide) groups is 1. The summed E-state index contributed by atoms with van der Waals surface area (Å²) in [5, 5.41) is 11.4. The average molecular weight is 221 g/mol. The maximum absolute atomic E-state index is 9.66. The molecule has 0 bridgehead atoms. The van der Waals surface area contributed by atoms with Gasteiger partial charge in [0, 0.05) is 11.4 Å². The first kappa shape index (κ1) is 10.8. The Morgan fingerprint density at radius 3 is 3.13 bits per heavy atom. The molecule has 0 radical (unpaired) electrons. The Morgan fingerprint density at radius 1 is 1.67 bits per heavy atom. The van der Waals surface area contributed by atoms with E-state index in [4.69, 9.17) is 10.4 Å². The number of fused-ring (bicyclic) bond motifs is 1. The van der Waals surface area contributed by atoms with Crippen LogP contribution in [0.2, 0.25) is 0 Å². The molecule has 0 saturated carbocycles. The van der Waals surface area contributed by atoms with E-state index in [-0.39, 0.29) is 6.10 Å². The lowest BCUT2D eigenvalue weighted by atomic mass is 9.79. The van der Waals surface area contributed by atoms with Gasteiger partial charge in [0.05, 0.1) is 6.10 Å². The first-order valence-electron chi connectivity index (χ1n) is 4.71. The largest absolute Gasteiger partial charge is 0.492 e. The number of hydrogen-bond acceptors (Lipinski definition) is 4. The van der Waals surface area contributed by atoms with Gasteiger partial charge in [-0.2, -0.15) is 0 Å². The van der Waals surface area contributed by atoms with Crippen molar-refractivity contribution in [3.05, 3.63) is 35.7 Å². The van der Waals surface area contributed by atoms with Crippen molar-refractivity contribution in [1.29, 1.82) is 0 Å². The third-order valence-corrected chi connectivity index (χ3v) is 3.09. The van der Waals surface area contributed by atoms with Crippen LogP contribution >= 0.6 is 11.8 Å². The molecule has 3 nitrogen and oxygen atoms in total. The van der Waals surface area contributed by atoms with Crippen LogP contribution in [0.1, 0.15) is 11.7 Å². The molecule has 5 heteroatoms. The summed E-state index contributed by atoms with van der Waals surface area (Å²) in [6.07, 6.45) is -0.183. The summed E-state index contributed by atoms with van der Waals surface area (Å²) in [7, 11) is -0.848. The second-order valence-corrected chi connectivity index (χ2v) is 4.33. The van der Waals surface area contributed by atoms with E-state index in [2.05, 4.69) is 6.58 Å². The minimum absolute atomic E-state index is 0.183. The van der Waals surface area contributed by atoms with E-state index in [1.165, 1.54) is 11.8 Å². The predicted molar refractivity (Wildman–Crippen MR) is 63.0 cm³/mol. The van der Waals surface area contributed by atoms with E-state index >= 15 is 0 Å². The Morgan fingerprint density at radius 2 is 2.47 bits per heavy atom. The normalized spacial score (nSPS) is 19.1. The van der Waals surface area contributed by atoms with Crippen LogP contribution in [0.4, 0.5) is 0 Å².